The van der Waals surface area contributed by atoms with Crippen LogP contribution < -0.4 is 11.1 Å². The molecule has 0 saturated carbocycles. The van der Waals surface area contributed by atoms with Crippen LogP contribution in [0.15, 0.2) is 78.2 Å². The van der Waals surface area contributed by atoms with Crippen molar-refractivity contribution < 1.29 is 4.79 Å². The molecule has 8 heteroatoms. The van der Waals surface area contributed by atoms with Gasteiger partial charge in [-0.15, -0.1) is 0 Å². The number of amides is 1. The Morgan fingerprint density at radius 3 is 2.50 bits per heavy atom. The normalized spacial score (nSPS) is 11.4. The highest BCUT2D eigenvalue weighted by Crippen LogP contribution is 2.28. The molecule has 32 heavy (non-hydrogen) atoms. The minimum absolute atomic E-state index is 0.153. The number of nitrogens with zero attached hydrogens (tertiary/aromatic N) is 5. The summed E-state index contributed by atoms with van der Waals surface area (Å²) in [5.41, 5.74) is 11.3. The van der Waals surface area contributed by atoms with E-state index in [1.165, 1.54) is 4.68 Å². The van der Waals surface area contributed by atoms with Gasteiger partial charge in [-0.1, -0.05) is 35.9 Å². The van der Waals surface area contributed by atoms with Crippen LogP contribution in [-0.2, 0) is 0 Å². The highest BCUT2D eigenvalue weighted by atomic mass is 16.1. The number of fused-ring (bicyclic) bond motifs is 2. The quantitative estimate of drug-likeness (QED) is 0.426. The van der Waals surface area contributed by atoms with Gasteiger partial charge < -0.3 is 11.1 Å². The van der Waals surface area contributed by atoms with Gasteiger partial charge >= 0.3 is 0 Å². The zero-order valence-electron chi connectivity index (χ0n) is 17.2. The number of benzene rings is 2. The predicted molar refractivity (Wildman–Crippen MR) is 126 cm³/mol. The highest BCUT2D eigenvalue weighted by Gasteiger charge is 2.24. The van der Waals surface area contributed by atoms with E-state index in [2.05, 4.69) is 25.4 Å². The van der Waals surface area contributed by atoms with E-state index in [0.717, 1.165) is 11.1 Å². The average molecular weight is 421 g/mol. The summed E-state index contributed by atoms with van der Waals surface area (Å²) in [4.78, 5) is 26.7. The Kier molecular flexibility index (Phi) is 4.79. The van der Waals surface area contributed by atoms with Crippen LogP contribution in [0.25, 0.3) is 22.2 Å². The number of carbonyl (C=O) groups is 1. The average Bonchev–Trinajstić information content (AvgIpc) is 3.08. The Labute approximate surface area is 183 Å². The van der Waals surface area contributed by atoms with Gasteiger partial charge in [-0.05, 0) is 37.3 Å². The number of carbonyl (C=O) groups excluding carboxylic acids is 1. The van der Waals surface area contributed by atoms with Crippen molar-refractivity contribution in [2.75, 3.05) is 11.1 Å². The van der Waals surface area contributed by atoms with Crippen LogP contribution in [0.4, 0.5) is 11.5 Å². The van der Waals surface area contributed by atoms with Crippen molar-refractivity contribution >= 4 is 45.8 Å². The number of hydrogen-bond acceptors (Lipinski definition) is 6. The van der Waals surface area contributed by atoms with E-state index in [-0.39, 0.29) is 17.3 Å². The number of pyridine rings is 1. The molecule has 5 aromatic rings. The summed E-state index contributed by atoms with van der Waals surface area (Å²) in [6.07, 6.45) is 4.97. The second-order valence-electron chi connectivity index (χ2n) is 7.31. The fourth-order valence-electron chi connectivity index (χ4n) is 3.40. The van der Waals surface area contributed by atoms with E-state index in [0.29, 0.717) is 27.9 Å². The predicted octanol–water partition coefficient (Wildman–Crippen LogP) is 4.00. The Balaban J connectivity index is 1.66. The van der Waals surface area contributed by atoms with Crippen molar-refractivity contribution in [1.29, 1.82) is 0 Å². The molecule has 3 aromatic heterocycles. The molecule has 8 nitrogen and oxygen atoms in total. The van der Waals surface area contributed by atoms with E-state index < -0.39 is 0 Å². The largest absolute Gasteiger partial charge is 0.383 e. The smallest absolute Gasteiger partial charge is 0.261 e. The molecule has 0 radical (unpaired) electrons. The second-order valence-corrected chi connectivity index (χ2v) is 7.31. The van der Waals surface area contributed by atoms with Crippen LogP contribution in [0.1, 0.15) is 21.5 Å². The number of nitrogens with two attached hydrogens (primary N) is 1. The molecule has 5 rings (SSSR count). The van der Waals surface area contributed by atoms with Crippen LogP contribution >= 0.6 is 0 Å². The fourth-order valence-corrected chi connectivity index (χ4v) is 3.40. The van der Waals surface area contributed by atoms with Crippen molar-refractivity contribution in [1.82, 2.24) is 19.6 Å². The Bertz CT molecular complexity index is 1470. The molecule has 0 aliphatic heterocycles. The lowest BCUT2D eigenvalue weighted by atomic mass is 10.2. The Morgan fingerprint density at radius 1 is 1.03 bits per heavy atom. The van der Waals surface area contributed by atoms with Gasteiger partial charge in [0.1, 0.15) is 16.9 Å². The molecule has 1 amide bonds. The first-order valence-corrected chi connectivity index (χ1v) is 9.99. The van der Waals surface area contributed by atoms with Crippen LogP contribution in [-0.4, -0.2) is 31.7 Å². The number of nitrogens with one attached hydrogen (secondary N) is 1. The monoisotopic (exact) mass is 421 g/mol. The van der Waals surface area contributed by atoms with Crippen LogP contribution in [0.2, 0.25) is 0 Å². The van der Waals surface area contributed by atoms with Gasteiger partial charge in [0, 0.05) is 23.6 Å². The van der Waals surface area contributed by atoms with Crippen molar-refractivity contribution in [2.24, 2.45) is 5.10 Å². The number of aryl methyl sites for hydroxylation is 1. The van der Waals surface area contributed by atoms with E-state index in [1.807, 2.05) is 67.6 Å². The maximum atomic E-state index is 13.2. The molecule has 0 fully saturated rings. The molecule has 0 aliphatic carbocycles. The van der Waals surface area contributed by atoms with Crippen LogP contribution in [0.5, 0.6) is 0 Å². The van der Waals surface area contributed by atoms with Gasteiger partial charge in [-0.25, -0.2) is 9.97 Å². The highest BCUT2D eigenvalue weighted by molar-refractivity contribution is 6.16. The summed E-state index contributed by atoms with van der Waals surface area (Å²) in [7, 11) is 0. The fraction of sp³-hybridized carbons (Fsp3) is 0.0417. The van der Waals surface area contributed by atoms with Gasteiger partial charge in [-0.2, -0.15) is 9.78 Å². The molecule has 3 N–H and O–H groups in total. The van der Waals surface area contributed by atoms with Gasteiger partial charge in [0.2, 0.25) is 0 Å². The molecule has 0 aliphatic rings. The standard InChI is InChI=1S/C24H19N7O/c1-15-8-10-17(11-9-15)28-24(32)20-21-23(30-19-7-3-2-6-18(19)29-21)31(22(20)25)27-14-16-5-4-12-26-13-16/h2-14H,25H2,1H3,(H,28,32). The molecule has 0 atom stereocenters. The summed E-state index contributed by atoms with van der Waals surface area (Å²) in [5, 5.41) is 7.37. The minimum atomic E-state index is -0.378. The first kappa shape index (κ1) is 19.4. The molecule has 2 aromatic carbocycles. The second kappa shape index (κ2) is 7.92. The number of hydrogen-bond donors (Lipinski definition) is 2. The summed E-state index contributed by atoms with van der Waals surface area (Å²) in [6, 6.07) is 18.6. The number of aromatic nitrogens is 4. The van der Waals surface area contributed by atoms with Crippen molar-refractivity contribution in [3.05, 3.63) is 89.7 Å². The number of anilines is 2. The lowest BCUT2D eigenvalue weighted by molar-refractivity contribution is 0.102. The topological polar surface area (TPSA) is 111 Å². The summed E-state index contributed by atoms with van der Waals surface area (Å²) < 4.78 is 1.44. The van der Waals surface area contributed by atoms with Crippen molar-refractivity contribution in [2.45, 2.75) is 6.92 Å². The third kappa shape index (κ3) is 3.54. The van der Waals surface area contributed by atoms with Crippen molar-refractivity contribution in [3.8, 4) is 0 Å². The number of para-hydroxylation sites is 2. The summed E-state index contributed by atoms with van der Waals surface area (Å²) >= 11 is 0. The SMILES string of the molecule is Cc1ccc(NC(=O)c2c(N)n(N=Cc3cccnc3)c3nc4ccccc4nc23)cc1. The summed E-state index contributed by atoms with van der Waals surface area (Å²) in [5.74, 6) is -0.226. The van der Waals surface area contributed by atoms with Crippen molar-refractivity contribution in [3.63, 3.8) is 0 Å². The number of rotatable bonds is 4. The number of nitrogen functional groups attached to an aromatic ring is 1. The molecule has 0 saturated heterocycles. The van der Waals surface area contributed by atoms with Gasteiger partial charge in [0.25, 0.3) is 5.91 Å². The van der Waals surface area contributed by atoms with Gasteiger partial charge in [-0.3, -0.25) is 9.78 Å². The Hall–Kier alpha value is -4.59. The molecule has 0 unspecified atom stereocenters. The van der Waals surface area contributed by atoms with E-state index in [1.54, 1.807) is 18.6 Å². The first-order chi connectivity index (χ1) is 15.6. The summed E-state index contributed by atoms with van der Waals surface area (Å²) in [6.45, 7) is 1.98. The lowest BCUT2D eigenvalue weighted by Gasteiger charge is -2.06. The maximum absolute atomic E-state index is 13.2. The van der Waals surface area contributed by atoms with Gasteiger partial charge in [0.15, 0.2) is 5.65 Å². The molecule has 0 bridgehead atoms. The van der Waals surface area contributed by atoms with E-state index >= 15 is 0 Å². The van der Waals surface area contributed by atoms with E-state index in [9.17, 15) is 4.79 Å². The molecule has 0 spiro atoms. The molecular weight excluding hydrogens is 402 g/mol. The van der Waals surface area contributed by atoms with Gasteiger partial charge in [0.05, 0.1) is 17.2 Å². The third-order valence-electron chi connectivity index (χ3n) is 5.02. The Morgan fingerprint density at radius 2 is 1.78 bits per heavy atom. The maximum Gasteiger partial charge on any atom is 0.261 e. The lowest BCUT2D eigenvalue weighted by Crippen LogP contribution is -2.14. The minimum Gasteiger partial charge on any atom is -0.383 e. The van der Waals surface area contributed by atoms with E-state index in [4.69, 9.17) is 5.73 Å². The zero-order valence-corrected chi connectivity index (χ0v) is 17.2. The molecule has 156 valence electrons. The molecule has 3 heterocycles. The third-order valence-corrected chi connectivity index (χ3v) is 5.02. The van der Waals surface area contributed by atoms with Crippen LogP contribution in [0.3, 0.4) is 0 Å². The first-order valence-electron chi connectivity index (χ1n) is 9.99. The van der Waals surface area contributed by atoms with Crippen LogP contribution in [0, 0.1) is 6.92 Å². The zero-order chi connectivity index (χ0) is 22.1. The molecular formula is C24H19N7O.